The van der Waals surface area contributed by atoms with Crippen LogP contribution in [0.15, 0.2) is 52.5 Å². The maximum atomic E-state index is 14.1. The number of benzene rings is 2. The first-order valence-corrected chi connectivity index (χ1v) is 14.9. The van der Waals surface area contributed by atoms with Crippen molar-refractivity contribution in [3.63, 3.8) is 0 Å². The molecule has 0 radical (unpaired) electrons. The maximum absolute atomic E-state index is 14.1. The minimum absolute atomic E-state index is 0.0888. The van der Waals surface area contributed by atoms with Crippen LogP contribution in [0, 0.1) is 17.8 Å². The summed E-state index contributed by atoms with van der Waals surface area (Å²) < 4.78 is 5.66. The molecule has 1 N–H and O–H groups in total. The second-order valence-electron chi connectivity index (χ2n) is 11.1. The fourth-order valence-corrected chi connectivity index (χ4v) is 8.65. The molecule has 0 aromatic heterocycles. The van der Waals surface area contributed by atoms with Crippen molar-refractivity contribution in [1.29, 1.82) is 0 Å². The topological polar surface area (TPSA) is 104 Å². The number of likely N-dealkylation sites (tertiary alicyclic amines) is 1. The van der Waals surface area contributed by atoms with Crippen LogP contribution in [0.2, 0.25) is 0 Å². The van der Waals surface area contributed by atoms with E-state index in [0.717, 1.165) is 16.9 Å². The summed E-state index contributed by atoms with van der Waals surface area (Å²) in [5, 5.41) is 10.5. The highest BCUT2D eigenvalue weighted by atomic mass is 79.9. The minimum atomic E-state index is -1.92. The SMILES string of the molecule is CCc1ccc(N2C(=O)C3CC=C4C(CC5(Cl)C(=O)N(C)C(=O)C5(Cl)C4c4cc(Br)c(O)c(OC)c4)C3C2=O)cc1. The molecule has 4 amide bonds. The van der Waals surface area contributed by atoms with E-state index < -0.39 is 45.2 Å². The number of amides is 4. The number of anilines is 1. The standard InChI is InChI=1S/C30H27BrCl2N2O6/c1-4-14-5-7-16(8-6-14)35-25(37)18-10-9-17-19(22(18)26(35)38)13-29(32)27(39)34(2)28(40)30(29,33)23(17)15-11-20(31)24(36)21(12-15)41-3/h5-9,11-12,18-19,22-23,36H,4,10,13H2,1-3H3. The molecule has 41 heavy (non-hydrogen) atoms. The fourth-order valence-electron chi connectivity index (χ4n) is 7.17. The van der Waals surface area contributed by atoms with Crippen LogP contribution in [0.5, 0.6) is 11.5 Å². The normalized spacial score (nSPS) is 32.6. The number of allylic oxidation sites excluding steroid dienone is 2. The fraction of sp³-hybridized carbons (Fsp3) is 0.400. The largest absolute Gasteiger partial charge is 0.503 e. The van der Waals surface area contributed by atoms with Gasteiger partial charge in [-0.1, -0.05) is 30.7 Å². The number of imide groups is 2. The van der Waals surface area contributed by atoms with Gasteiger partial charge in [-0.25, -0.2) is 0 Å². The second kappa shape index (κ2) is 9.57. The third-order valence-electron chi connectivity index (χ3n) is 9.22. The lowest BCUT2D eigenvalue weighted by atomic mass is 9.56. The van der Waals surface area contributed by atoms with E-state index in [1.807, 2.05) is 25.1 Å². The zero-order valence-electron chi connectivity index (χ0n) is 22.5. The summed E-state index contributed by atoms with van der Waals surface area (Å²) in [5.41, 5.74) is 2.71. The molecule has 11 heteroatoms. The number of carbonyl (C=O) groups excluding carboxylic acids is 4. The van der Waals surface area contributed by atoms with Gasteiger partial charge in [-0.3, -0.25) is 29.0 Å². The van der Waals surface area contributed by atoms with Gasteiger partial charge in [0.25, 0.3) is 11.8 Å². The number of phenols is 1. The Labute approximate surface area is 255 Å². The monoisotopic (exact) mass is 660 g/mol. The van der Waals surface area contributed by atoms with Crippen LogP contribution in [0.25, 0.3) is 0 Å². The first kappa shape index (κ1) is 28.2. The van der Waals surface area contributed by atoms with Gasteiger partial charge in [0.05, 0.1) is 29.1 Å². The number of hydrogen-bond donors (Lipinski definition) is 1. The predicted molar refractivity (Wildman–Crippen MR) is 156 cm³/mol. The first-order valence-electron chi connectivity index (χ1n) is 13.3. The van der Waals surface area contributed by atoms with E-state index in [1.165, 1.54) is 19.1 Å². The van der Waals surface area contributed by atoms with Gasteiger partial charge in [-0.05, 0) is 76.5 Å². The van der Waals surface area contributed by atoms with E-state index in [1.54, 1.807) is 24.3 Å². The van der Waals surface area contributed by atoms with Crippen molar-refractivity contribution < 1.29 is 29.0 Å². The lowest BCUT2D eigenvalue weighted by Gasteiger charge is -2.50. The number of alkyl halides is 2. The predicted octanol–water partition coefficient (Wildman–Crippen LogP) is 4.92. The van der Waals surface area contributed by atoms with Crippen LogP contribution >= 0.6 is 39.1 Å². The molecule has 6 atom stereocenters. The average molecular weight is 662 g/mol. The van der Waals surface area contributed by atoms with E-state index in [-0.39, 0.29) is 36.2 Å². The van der Waals surface area contributed by atoms with Crippen LogP contribution < -0.4 is 9.64 Å². The Morgan fingerprint density at radius 1 is 1.05 bits per heavy atom. The van der Waals surface area contributed by atoms with Gasteiger partial charge < -0.3 is 9.84 Å². The Hall–Kier alpha value is -2.88. The molecule has 0 spiro atoms. The number of fused-ring (bicyclic) bond motifs is 4. The minimum Gasteiger partial charge on any atom is -0.503 e. The molecule has 8 nitrogen and oxygen atoms in total. The summed E-state index contributed by atoms with van der Waals surface area (Å²) in [6.45, 7) is 2.02. The molecular weight excluding hydrogens is 635 g/mol. The third-order valence-corrected chi connectivity index (χ3v) is 11.2. The highest BCUT2D eigenvalue weighted by Gasteiger charge is 2.76. The van der Waals surface area contributed by atoms with Crippen molar-refractivity contribution in [2.45, 2.75) is 41.9 Å². The number of carbonyl (C=O) groups is 4. The van der Waals surface area contributed by atoms with Crippen LogP contribution in [0.4, 0.5) is 5.69 Å². The first-order chi connectivity index (χ1) is 19.4. The molecule has 2 aromatic rings. The van der Waals surface area contributed by atoms with Gasteiger partial charge in [0.1, 0.15) is 0 Å². The molecule has 4 aliphatic rings. The van der Waals surface area contributed by atoms with Crippen LogP contribution in [0.3, 0.4) is 0 Å². The smallest absolute Gasteiger partial charge is 0.253 e. The molecule has 2 heterocycles. The molecule has 2 aliphatic carbocycles. The van der Waals surface area contributed by atoms with Crippen LogP contribution in [-0.2, 0) is 25.6 Å². The highest BCUT2D eigenvalue weighted by molar-refractivity contribution is 9.10. The summed E-state index contributed by atoms with van der Waals surface area (Å²) in [6, 6.07) is 10.5. The van der Waals surface area contributed by atoms with Crippen molar-refractivity contribution in [1.82, 2.24) is 4.90 Å². The number of hydrogen-bond acceptors (Lipinski definition) is 6. The van der Waals surface area contributed by atoms with Gasteiger partial charge in [0, 0.05) is 13.0 Å². The maximum Gasteiger partial charge on any atom is 0.253 e. The number of aromatic hydroxyl groups is 1. The molecule has 1 saturated carbocycles. The number of aryl methyl sites for hydroxylation is 1. The van der Waals surface area contributed by atoms with Crippen molar-refractivity contribution >= 4 is 68.4 Å². The van der Waals surface area contributed by atoms with E-state index in [9.17, 15) is 24.3 Å². The summed E-state index contributed by atoms with van der Waals surface area (Å²) in [4.78, 5) is 53.4. The Kier molecular flexibility index (Phi) is 6.60. The van der Waals surface area contributed by atoms with E-state index in [4.69, 9.17) is 27.9 Å². The van der Waals surface area contributed by atoms with Crippen molar-refractivity contribution in [2.75, 3.05) is 19.1 Å². The Morgan fingerprint density at radius 3 is 2.37 bits per heavy atom. The van der Waals surface area contributed by atoms with Crippen molar-refractivity contribution in [3.05, 3.63) is 63.6 Å². The second-order valence-corrected chi connectivity index (χ2v) is 13.2. The van der Waals surface area contributed by atoms with Crippen LogP contribution in [0.1, 0.15) is 36.8 Å². The molecule has 6 unspecified atom stereocenters. The van der Waals surface area contributed by atoms with E-state index in [2.05, 4.69) is 15.9 Å². The van der Waals surface area contributed by atoms with Gasteiger partial charge in [0.15, 0.2) is 21.2 Å². The van der Waals surface area contributed by atoms with Gasteiger partial charge in [0.2, 0.25) is 11.8 Å². The lowest BCUT2D eigenvalue weighted by Crippen LogP contribution is -2.60. The molecule has 2 aliphatic heterocycles. The average Bonchev–Trinajstić information content (AvgIpc) is 3.29. The number of ether oxygens (including phenoxy) is 1. The molecule has 0 bridgehead atoms. The van der Waals surface area contributed by atoms with Crippen molar-refractivity contribution in [2.24, 2.45) is 17.8 Å². The molecule has 2 saturated heterocycles. The zero-order chi connectivity index (χ0) is 29.6. The number of halogens is 3. The number of methoxy groups -OCH3 is 1. The lowest BCUT2D eigenvalue weighted by molar-refractivity contribution is -0.138. The van der Waals surface area contributed by atoms with Gasteiger partial charge in [-0.2, -0.15) is 0 Å². The summed E-state index contributed by atoms with van der Waals surface area (Å²) in [7, 11) is 2.73. The van der Waals surface area contributed by atoms with E-state index in [0.29, 0.717) is 21.3 Å². The molecule has 214 valence electrons. The molecule has 6 rings (SSSR count). The quantitative estimate of drug-likeness (QED) is 0.284. The third kappa shape index (κ3) is 3.64. The van der Waals surface area contributed by atoms with Crippen LogP contribution in [-0.4, -0.2) is 57.5 Å². The summed E-state index contributed by atoms with van der Waals surface area (Å²) >= 11 is 17.8. The molecule has 2 aromatic carbocycles. The zero-order valence-corrected chi connectivity index (χ0v) is 25.6. The number of nitrogens with zero attached hydrogens (tertiary/aromatic N) is 2. The Morgan fingerprint density at radius 2 is 1.73 bits per heavy atom. The highest BCUT2D eigenvalue weighted by Crippen LogP contribution is 2.65. The Bertz CT molecular complexity index is 1560. The molecular formula is C30H27BrCl2N2O6. The number of rotatable bonds is 4. The number of phenolic OH excluding ortho intramolecular Hbond substituents is 1. The van der Waals surface area contributed by atoms with Gasteiger partial charge >= 0.3 is 0 Å². The van der Waals surface area contributed by atoms with Gasteiger partial charge in [-0.15, -0.1) is 23.2 Å². The molecule has 3 fully saturated rings. The summed E-state index contributed by atoms with van der Waals surface area (Å²) in [6.07, 6.45) is 2.86. The summed E-state index contributed by atoms with van der Waals surface area (Å²) in [5.74, 6) is -5.01. The van der Waals surface area contributed by atoms with Crippen molar-refractivity contribution in [3.8, 4) is 11.5 Å². The van der Waals surface area contributed by atoms with E-state index >= 15 is 0 Å². The Balaban J connectivity index is 1.51.